The second-order valence-electron chi connectivity index (χ2n) is 1.20. The van der Waals surface area contributed by atoms with Gasteiger partial charge in [0.25, 0.3) is 0 Å². The maximum absolute atomic E-state index is 5.15. The highest BCUT2D eigenvalue weighted by Gasteiger charge is 1.81. The first kappa shape index (κ1) is 7.67. The van der Waals surface area contributed by atoms with Gasteiger partial charge in [0.1, 0.15) is 0 Å². The van der Waals surface area contributed by atoms with Crippen LogP contribution in [0.3, 0.4) is 0 Å². The van der Waals surface area contributed by atoms with E-state index in [2.05, 4.69) is 8.20 Å². The van der Waals surface area contributed by atoms with Crippen molar-refractivity contribution in [2.24, 2.45) is 19.7 Å². The van der Waals surface area contributed by atoms with Crippen LogP contribution in [0.15, 0.2) is 8.20 Å². The lowest BCUT2D eigenvalue weighted by Gasteiger charge is -1.86. The molecular weight excluding hydrogens is 219 g/mol. The first-order valence-electron chi connectivity index (χ1n) is 1.92. The molecule has 0 radical (unpaired) electrons. The van der Waals surface area contributed by atoms with E-state index in [9.17, 15) is 0 Å². The van der Waals surface area contributed by atoms with Gasteiger partial charge in [0.05, 0.1) is 28.7 Å². The highest BCUT2D eigenvalue weighted by molar-refractivity contribution is 14.1. The van der Waals surface area contributed by atoms with Crippen LogP contribution in [0.2, 0.25) is 0 Å². The maximum Gasteiger partial charge on any atom is 0.227 e. The normalized spacial score (nSPS) is 14.2. The Labute approximate surface area is 61.6 Å². The van der Waals surface area contributed by atoms with E-state index in [-0.39, 0.29) is 5.96 Å². The Balaban J connectivity index is 3.89. The van der Waals surface area contributed by atoms with Crippen molar-refractivity contribution in [2.45, 2.75) is 6.92 Å². The van der Waals surface area contributed by atoms with Crippen LogP contribution in [0.5, 0.6) is 0 Å². The van der Waals surface area contributed by atoms with Gasteiger partial charge in [-0.1, -0.05) is 0 Å². The summed E-state index contributed by atoms with van der Waals surface area (Å²) in [6.07, 6.45) is 0. The Morgan fingerprint density at radius 1 is 1.50 bits per heavy atom. The summed E-state index contributed by atoms with van der Waals surface area (Å²) in [5.41, 5.74) is 10.3. The third-order valence-electron chi connectivity index (χ3n) is 0.377. The highest BCUT2D eigenvalue weighted by atomic mass is 127. The molecule has 0 spiro atoms. The summed E-state index contributed by atoms with van der Waals surface area (Å²) in [5, 5.41) is 0. The Bertz CT molecular complexity index is 123. The van der Waals surface area contributed by atoms with Gasteiger partial charge in [-0.25, -0.2) is 4.99 Å². The second kappa shape index (κ2) is 3.65. The predicted molar refractivity (Wildman–Crippen MR) is 42.9 cm³/mol. The maximum atomic E-state index is 5.15. The highest BCUT2D eigenvalue weighted by Crippen LogP contribution is 1.82. The van der Waals surface area contributed by atoms with Gasteiger partial charge >= 0.3 is 0 Å². The molecule has 46 valence electrons. The topological polar surface area (TPSA) is 76.8 Å². The first-order valence-corrected chi connectivity index (χ1v) is 2.88. The smallest absolute Gasteiger partial charge is 0.227 e. The second-order valence-corrected chi connectivity index (χ2v) is 1.68. The summed E-state index contributed by atoms with van der Waals surface area (Å²) >= 11 is 1.75. The number of nitrogens with zero attached hydrogens (tertiary/aromatic N) is 2. The Morgan fingerprint density at radius 3 is 2.12 bits per heavy atom. The van der Waals surface area contributed by atoms with Crippen LogP contribution in [0, 0.1) is 0 Å². The number of guanidine groups is 1. The molecule has 0 aliphatic carbocycles. The zero-order valence-corrected chi connectivity index (χ0v) is 6.58. The lowest BCUT2D eigenvalue weighted by atomic mass is 10.7. The van der Waals surface area contributed by atoms with Crippen LogP contribution < -0.4 is 11.5 Å². The standard InChI is InChI=1S/C3H7IN4/c1-2(5)7-3(6)8-4/h1H3,(H4,5,6,7,8). The average Bonchev–Trinajstić information content (AvgIpc) is 1.65. The molecule has 0 aromatic carbocycles. The Hall–Kier alpha value is -0.330. The molecule has 0 aliphatic heterocycles. The lowest BCUT2D eigenvalue weighted by molar-refractivity contribution is 1.47. The van der Waals surface area contributed by atoms with E-state index >= 15 is 0 Å². The summed E-state index contributed by atoms with van der Waals surface area (Å²) in [4.78, 5) is 3.61. The molecule has 0 saturated carbocycles. The molecule has 0 aliphatic rings. The summed E-state index contributed by atoms with van der Waals surface area (Å²) in [6.45, 7) is 1.65. The van der Waals surface area contributed by atoms with E-state index in [1.807, 2.05) is 0 Å². The quantitative estimate of drug-likeness (QED) is 0.347. The number of nitrogens with two attached hydrogens (primary N) is 2. The minimum atomic E-state index is 0.200. The van der Waals surface area contributed by atoms with Crippen LogP contribution >= 0.6 is 22.9 Å². The SMILES string of the molecule is CC(N)=NC(N)=NI. The van der Waals surface area contributed by atoms with Crippen molar-refractivity contribution >= 4 is 34.7 Å². The van der Waals surface area contributed by atoms with Crippen molar-refractivity contribution in [3.63, 3.8) is 0 Å². The molecule has 0 aromatic heterocycles. The number of hydrogen-bond acceptors (Lipinski definition) is 1. The van der Waals surface area contributed by atoms with Crippen molar-refractivity contribution in [2.75, 3.05) is 0 Å². The molecular formula is C3H7IN4. The molecule has 8 heavy (non-hydrogen) atoms. The molecule has 0 bridgehead atoms. The van der Waals surface area contributed by atoms with Crippen molar-refractivity contribution < 1.29 is 0 Å². The fourth-order valence-electron chi connectivity index (χ4n) is 0.200. The number of aliphatic imine (C=N–C) groups is 1. The molecule has 4 N–H and O–H groups in total. The Morgan fingerprint density at radius 2 is 2.00 bits per heavy atom. The monoisotopic (exact) mass is 226 g/mol. The molecule has 0 fully saturated rings. The fourth-order valence-corrected chi connectivity index (χ4v) is 0.307. The van der Waals surface area contributed by atoms with E-state index in [4.69, 9.17) is 11.5 Å². The number of amidine groups is 1. The molecule has 0 amide bonds. The van der Waals surface area contributed by atoms with Gasteiger partial charge in [-0.2, -0.15) is 3.21 Å². The van der Waals surface area contributed by atoms with E-state index < -0.39 is 0 Å². The van der Waals surface area contributed by atoms with Gasteiger partial charge in [0.15, 0.2) is 0 Å². The van der Waals surface area contributed by atoms with Crippen LogP contribution in [0.1, 0.15) is 6.92 Å². The zero-order valence-electron chi connectivity index (χ0n) is 4.43. The van der Waals surface area contributed by atoms with Crippen molar-refractivity contribution in [1.29, 1.82) is 0 Å². The molecule has 4 nitrogen and oxygen atoms in total. The van der Waals surface area contributed by atoms with Crippen LogP contribution in [-0.2, 0) is 0 Å². The van der Waals surface area contributed by atoms with Gasteiger partial charge in [0, 0.05) is 0 Å². The largest absolute Gasteiger partial charge is 0.387 e. The summed E-state index contributed by atoms with van der Waals surface area (Å²) in [5.74, 6) is 0.619. The number of hydrogen-bond donors (Lipinski definition) is 2. The van der Waals surface area contributed by atoms with Crippen LogP contribution in [0.25, 0.3) is 0 Å². The third kappa shape index (κ3) is 3.85. The number of halogens is 1. The van der Waals surface area contributed by atoms with Gasteiger partial charge in [-0.15, -0.1) is 0 Å². The molecule has 5 heteroatoms. The van der Waals surface area contributed by atoms with Crippen molar-refractivity contribution in [3.05, 3.63) is 0 Å². The lowest BCUT2D eigenvalue weighted by Crippen LogP contribution is -2.14. The third-order valence-corrected chi connectivity index (χ3v) is 0.872. The summed E-state index contributed by atoms with van der Waals surface area (Å²) < 4.78 is 3.53. The van der Waals surface area contributed by atoms with Gasteiger partial charge in [-0.3, -0.25) is 0 Å². The molecule has 0 heterocycles. The molecule has 0 atom stereocenters. The Kier molecular flexibility index (Phi) is 3.49. The van der Waals surface area contributed by atoms with Crippen LogP contribution in [-0.4, -0.2) is 11.8 Å². The van der Waals surface area contributed by atoms with Gasteiger partial charge in [-0.05, 0) is 6.92 Å². The molecule has 0 rings (SSSR count). The first-order chi connectivity index (χ1) is 3.66. The number of rotatable bonds is 0. The van der Waals surface area contributed by atoms with E-state index in [1.54, 1.807) is 29.8 Å². The average molecular weight is 226 g/mol. The minimum Gasteiger partial charge on any atom is -0.387 e. The van der Waals surface area contributed by atoms with Crippen molar-refractivity contribution in [3.8, 4) is 0 Å². The van der Waals surface area contributed by atoms with Gasteiger partial charge < -0.3 is 11.5 Å². The van der Waals surface area contributed by atoms with Crippen molar-refractivity contribution in [1.82, 2.24) is 0 Å². The zero-order chi connectivity index (χ0) is 6.57. The molecule has 0 unspecified atom stereocenters. The van der Waals surface area contributed by atoms with E-state index in [0.29, 0.717) is 5.84 Å². The molecule has 0 saturated heterocycles. The van der Waals surface area contributed by atoms with E-state index in [0.717, 1.165) is 0 Å². The van der Waals surface area contributed by atoms with Gasteiger partial charge in [0.2, 0.25) is 5.96 Å². The fraction of sp³-hybridized carbons (Fsp3) is 0.333. The van der Waals surface area contributed by atoms with E-state index in [1.165, 1.54) is 0 Å². The summed E-state index contributed by atoms with van der Waals surface area (Å²) in [7, 11) is 0. The minimum absolute atomic E-state index is 0.200. The van der Waals surface area contributed by atoms with Crippen LogP contribution in [0.4, 0.5) is 0 Å². The summed E-state index contributed by atoms with van der Waals surface area (Å²) in [6, 6.07) is 0. The molecule has 0 aromatic rings. The predicted octanol–water partition coefficient (Wildman–Crippen LogP) is 0.0282.